The van der Waals surface area contributed by atoms with Gasteiger partial charge in [0, 0.05) is 21.5 Å². The molecular formula is C38H22O2. The smallest absolute Gasteiger partial charge is 0.136 e. The van der Waals surface area contributed by atoms with Crippen LogP contribution < -0.4 is 0 Å². The van der Waals surface area contributed by atoms with Gasteiger partial charge in [0.05, 0.1) is 11.0 Å². The molecule has 186 valence electrons. The number of fused-ring (bicyclic) bond motifs is 8. The number of para-hydroxylation sites is 2. The minimum Gasteiger partial charge on any atom is -0.456 e. The van der Waals surface area contributed by atoms with Crippen LogP contribution in [0.5, 0.6) is 0 Å². The van der Waals surface area contributed by atoms with Crippen molar-refractivity contribution in [3.05, 3.63) is 133 Å². The Balaban J connectivity index is 1.51. The second-order valence-corrected chi connectivity index (χ2v) is 9.87. The Hall–Kier alpha value is -5.34. The molecule has 0 aliphatic rings. The zero-order chi connectivity index (χ0) is 33.2. The van der Waals surface area contributed by atoms with Gasteiger partial charge in [-0.05, 0) is 80.2 Å². The van der Waals surface area contributed by atoms with E-state index in [1.165, 1.54) is 0 Å². The van der Waals surface area contributed by atoms with Gasteiger partial charge < -0.3 is 8.83 Å². The van der Waals surface area contributed by atoms with Crippen LogP contribution in [0.2, 0.25) is 0 Å². The minimum absolute atomic E-state index is 0.147. The molecule has 7 aromatic carbocycles. The first-order valence-corrected chi connectivity index (χ1v) is 12.9. The molecule has 9 aromatic rings. The summed E-state index contributed by atoms with van der Waals surface area (Å²) in [5.74, 6) is 0. The van der Waals surface area contributed by atoms with Gasteiger partial charge in [-0.2, -0.15) is 0 Å². The van der Waals surface area contributed by atoms with E-state index < -0.39 is 24.2 Å². The van der Waals surface area contributed by atoms with Crippen LogP contribution in [0.15, 0.2) is 142 Å². The lowest BCUT2D eigenvalue weighted by molar-refractivity contribution is 0.668. The van der Waals surface area contributed by atoms with E-state index in [0.29, 0.717) is 33.5 Å². The maximum absolute atomic E-state index is 9.20. The average molecular weight is 519 g/mol. The van der Waals surface area contributed by atoms with Gasteiger partial charge in [0.15, 0.2) is 0 Å². The molecule has 0 radical (unpaired) electrons. The quantitative estimate of drug-likeness (QED) is 0.213. The maximum atomic E-state index is 9.20. The second-order valence-electron chi connectivity index (χ2n) is 9.87. The molecule has 0 amide bonds. The molecule has 0 saturated heterocycles. The van der Waals surface area contributed by atoms with Crippen LogP contribution in [0.1, 0.15) is 11.0 Å². The molecule has 2 nitrogen and oxygen atoms in total. The zero-order valence-electron chi connectivity index (χ0n) is 28.9. The van der Waals surface area contributed by atoms with Crippen molar-refractivity contribution in [3.8, 4) is 22.3 Å². The molecule has 2 heteroatoms. The number of benzene rings is 7. The fourth-order valence-corrected chi connectivity index (χ4v) is 5.97. The highest BCUT2D eigenvalue weighted by Gasteiger charge is 2.18. The molecule has 0 bridgehead atoms. The largest absolute Gasteiger partial charge is 0.456 e. The number of rotatable bonds is 2. The van der Waals surface area contributed by atoms with E-state index in [1.807, 2.05) is 60.7 Å². The SMILES string of the molecule is [2H]c1c([2H])c([2H])c2c(-c3ccc4c(c3)oc3ccccc34)c3c([2H])c([2H])c([2H])c([2H])c3c(-c3ccc4c(c3)oc3ccccc34)c2c1[2H]. The molecule has 0 atom stereocenters. The van der Waals surface area contributed by atoms with Crippen LogP contribution in [0.4, 0.5) is 0 Å². The van der Waals surface area contributed by atoms with E-state index in [9.17, 15) is 5.48 Å². The molecule has 0 spiro atoms. The third-order valence-electron chi connectivity index (χ3n) is 7.71. The predicted molar refractivity (Wildman–Crippen MR) is 167 cm³/mol. The Morgan fingerprint density at radius 3 is 1.18 bits per heavy atom. The third kappa shape index (κ3) is 2.99. The number of furan rings is 2. The lowest BCUT2D eigenvalue weighted by atomic mass is 9.85. The highest BCUT2D eigenvalue weighted by Crippen LogP contribution is 2.45. The molecule has 0 N–H and O–H groups in total. The van der Waals surface area contributed by atoms with E-state index in [-0.39, 0.29) is 56.8 Å². The van der Waals surface area contributed by atoms with Crippen LogP contribution in [-0.2, 0) is 0 Å². The molecule has 40 heavy (non-hydrogen) atoms. The van der Waals surface area contributed by atoms with Crippen LogP contribution in [-0.4, -0.2) is 0 Å². The Morgan fingerprint density at radius 2 is 0.750 bits per heavy atom. The molecule has 0 fully saturated rings. The maximum Gasteiger partial charge on any atom is 0.136 e. The van der Waals surface area contributed by atoms with E-state index in [1.54, 1.807) is 24.3 Å². The van der Waals surface area contributed by atoms with Crippen LogP contribution >= 0.6 is 0 Å². The molecule has 2 heterocycles. The Morgan fingerprint density at radius 1 is 0.375 bits per heavy atom. The summed E-state index contributed by atoms with van der Waals surface area (Å²) in [4.78, 5) is 0. The lowest BCUT2D eigenvalue weighted by Crippen LogP contribution is -1.90. The minimum atomic E-state index is -0.447. The van der Waals surface area contributed by atoms with Crippen molar-refractivity contribution in [2.45, 2.75) is 0 Å². The van der Waals surface area contributed by atoms with Gasteiger partial charge in [0.1, 0.15) is 22.3 Å². The third-order valence-corrected chi connectivity index (χ3v) is 7.71. The van der Waals surface area contributed by atoms with Crippen molar-refractivity contribution >= 4 is 65.4 Å². The Labute approximate surface area is 240 Å². The van der Waals surface area contributed by atoms with Gasteiger partial charge in [-0.3, -0.25) is 0 Å². The van der Waals surface area contributed by atoms with Crippen LogP contribution in [0, 0.1) is 0 Å². The van der Waals surface area contributed by atoms with Crippen molar-refractivity contribution in [1.82, 2.24) is 0 Å². The fraction of sp³-hybridized carbons (Fsp3) is 0. The van der Waals surface area contributed by atoms with Gasteiger partial charge in [-0.1, -0.05) is 96.9 Å². The lowest BCUT2D eigenvalue weighted by Gasteiger charge is -2.17. The summed E-state index contributed by atoms with van der Waals surface area (Å²) in [7, 11) is 0. The standard InChI is InChI=1S/C38H22O2/c1-2-12-30-29(11-1)37(23-17-19-27-25-9-5-7-15-33(25)39-35(27)21-23)31-13-3-4-14-32(31)38(30)24-18-20-28-26-10-6-8-16-34(26)40-36(28)22-24/h1-22H/i1D,2D,3D,4D,11D,12D,13D,14D. The summed E-state index contributed by atoms with van der Waals surface area (Å²) in [6, 6.07) is 23.1. The monoisotopic (exact) mass is 518 g/mol. The van der Waals surface area contributed by atoms with Gasteiger partial charge >= 0.3 is 0 Å². The van der Waals surface area contributed by atoms with Crippen molar-refractivity contribution in [2.75, 3.05) is 0 Å². The van der Waals surface area contributed by atoms with E-state index >= 15 is 0 Å². The van der Waals surface area contributed by atoms with E-state index in [0.717, 1.165) is 21.5 Å². The zero-order valence-corrected chi connectivity index (χ0v) is 20.9. The summed E-state index contributed by atoms with van der Waals surface area (Å²) in [5.41, 5.74) is 3.97. The molecule has 2 aromatic heterocycles. The molecular weight excluding hydrogens is 488 g/mol. The van der Waals surface area contributed by atoms with E-state index in [4.69, 9.17) is 14.3 Å². The van der Waals surface area contributed by atoms with Crippen molar-refractivity contribution in [1.29, 1.82) is 0 Å². The molecule has 0 saturated carbocycles. The molecule has 9 rings (SSSR count). The predicted octanol–water partition coefficient (Wildman–Crippen LogP) is 11.1. The van der Waals surface area contributed by atoms with Gasteiger partial charge in [-0.25, -0.2) is 0 Å². The number of hydrogen-bond donors (Lipinski definition) is 0. The van der Waals surface area contributed by atoms with Crippen LogP contribution in [0.3, 0.4) is 0 Å². The summed E-state index contributed by atoms with van der Waals surface area (Å²) in [6.45, 7) is 0. The number of hydrogen-bond acceptors (Lipinski definition) is 2. The average Bonchev–Trinajstić information content (AvgIpc) is 3.67. The van der Waals surface area contributed by atoms with Gasteiger partial charge in [0.2, 0.25) is 0 Å². The summed E-state index contributed by atoms with van der Waals surface area (Å²) < 4.78 is 83.9. The Kier molecular flexibility index (Phi) is 3.09. The van der Waals surface area contributed by atoms with Crippen molar-refractivity contribution < 1.29 is 19.8 Å². The Bertz CT molecular complexity index is 2610. The molecule has 0 aliphatic heterocycles. The van der Waals surface area contributed by atoms with Crippen molar-refractivity contribution in [2.24, 2.45) is 0 Å². The van der Waals surface area contributed by atoms with Crippen LogP contribution in [0.25, 0.3) is 87.7 Å². The first-order valence-electron chi connectivity index (χ1n) is 16.9. The highest BCUT2D eigenvalue weighted by molar-refractivity contribution is 6.22. The highest BCUT2D eigenvalue weighted by atomic mass is 16.3. The molecule has 0 unspecified atom stereocenters. The fourth-order valence-electron chi connectivity index (χ4n) is 5.97. The van der Waals surface area contributed by atoms with Gasteiger partial charge in [0.25, 0.3) is 0 Å². The van der Waals surface area contributed by atoms with E-state index in [2.05, 4.69) is 0 Å². The van der Waals surface area contributed by atoms with Crippen molar-refractivity contribution in [3.63, 3.8) is 0 Å². The first-order chi connectivity index (χ1) is 23.2. The molecule has 0 aliphatic carbocycles. The normalized spacial score (nSPS) is 14.8. The summed E-state index contributed by atoms with van der Waals surface area (Å²) in [5, 5.41) is 4.11. The first kappa shape index (κ1) is 15.3. The topological polar surface area (TPSA) is 26.3 Å². The summed E-state index contributed by atoms with van der Waals surface area (Å²) >= 11 is 0. The second kappa shape index (κ2) is 8.08. The summed E-state index contributed by atoms with van der Waals surface area (Å²) in [6.07, 6.45) is 0. The van der Waals surface area contributed by atoms with Gasteiger partial charge in [-0.15, -0.1) is 0 Å².